The maximum Gasteiger partial charge on any atom is 0.223 e. The molecular formula is C20H21N3O. The van der Waals surface area contributed by atoms with Crippen LogP contribution in [-0.2, 0) is 11.2 Å². The Hall–Kier alpha value is -2.62. The van der Waals surface area contributed by atoms with Crippen LogP contribution in [0.1, 0.15) is 36.7 Å². The third kappa shape index (κ3) is 2.92. The van der Waals surface area contributed by atoms with Gasteiger partial charge in [-0.25, -0.2) is 4.98 Å². The van der Waals surface area contributed by atoms with Gasteiger partial charge in [-0.05, 0) is 30.5 Å². The van der Waals surface area contributed by atoms with Gasteiger partial charge in [-0.2, -0.15) is 0 Å². The van der Waals surface area contributed by atoms with E-state index in [4.69, 9.17) is 0 Å². The van der Waals surface area contributed by atoms with E-state index in [0.29, 0.717) is 12.8 Å². The van der Waals surface area contributed by atoms with Gasteiger partial charge in [-0.1, -0.05) is 42.5 Å². The SMILES string of the molecule is O=C(CCc1nc2ccccc2[nH]1)N1CCCC1c1ccccc1. The maximum atomic E-state index is 12.7. The highest BCUT2D eigenvalue weighted by Crippen LogP contribution is 2.32. The van der Waals surface area contributed by atoms with Gasteiger partial charge in [-0.15, -0.1) is 0 Å². The van der Waals surface area contributed by atoms with E-state index in [2.05, 4.69) is 22.1 Å². The zero-order chi connectivity index (χ0) is 16.4. The van der Waals surface area contributed by atoms with Crippen LogP contribution in [0.3, 0.4) is 0 Å². The summed E-state index contributed by atoms with van der Waals surface area (Å²) in [6.45, 7) is 0.860. The number of fused-ring (bicyclic) bond motifs is 1. The van der Waals surface area contributed by atoms with Gasteiger partial charge < -0.3 is 9.88 Å². The summed E-state index contributed by atoms with van der Waals surface area (Å²) in [5.74, 6) is 1.11. The molecule has 2 heterocycles. The predicted molar refractivity (Wildman–Crippen MR) is 94.5 cm³/mol. The van der Waals surface area contributed by atoms with Gasteiger partial charge in [0.05, 0.1) is 17.1 Å². The lowest BCUT2D eigenvalue weighted by Gasteiger charge is -2.25. The minimum Gasteiger partial charge on any atom is -0.342 e. The Labute approximate surface area is 141 Å². The topological polar surface area (TPSA) is 49.0 Å². The van der Waals surface area contributed by atoms with E-state index < -0.39 is 0 Å². The molecule has 0 aliphatic carbocycles. The molecule has 4 nitrogen and oxygen atoms in total. The molecule has 3 aromatic rings. The normalized spacial score (nSPS) is 17.5. The van der Waals surface area contributed by atoms with E-state index in [0.717, 1.165) is 36.2 Å². The number of aromatic nitrogens is 2. The number of hydrogen-bond donors (Lipinski definition) is 1. The molecule has 1 amide bonds. The fourth-order valence-electron chi connectivity index (χ4n) is 3.58. The van der Waals surface area contributed by atoms with E-state index >= 15 is 0 Å². The van der Waals surface area contributed by atoms with Crippen molar-refractivity contribution in [1.82, 2.24) is 14.9 Å². The van der Waals surface area contributed by atoms with Crippen molar-refractivity contribution in [3.8, 4) is 0 Å². The van der Waals surface area contributed by atoms with Crippen LogP contribution in [0, 0.1) is 0 Å². The quantitative estimate of drug-likeness (QED) is 0.794. The predicted octanol–water partition coefficient (Wildman–Crippen LogP) is 3.86. The number of para-hydroxylation sites is 2. The number of carbonyl (C=O) groups excluding carboxylic acids is 1. The van der Waals surface area contributed by atoms with Crippen LogP contribution in [0.5, 0.6) is 0 Å². The average Bonchev–Trinajstić information content (AvgIpc) is 3.27. The molecule has 122 valence electrons. The molecular weight excluding hydrogens is 298 g/mol. The van der Waals surface area contributed by atoms with Crippen molar-refractivity contribution >= 4 is 16.9 Å². The number of aryl methyl sites for hydroxylation is 1. The van der Waals surface area contributed by atoms with Crippen molar-refractivity contribution in [2.24, 2.45) is 0 Å². The van der Waals surface area contributed by atoms with Gasteiger partial charge in [-0.3, -0.25) is 4.79 Å². The molecule has 0 radical (unpaired) electrons. The van der Waals surface area contributed by atoms with E-state index in [1.807, 2.05) is 47.4 Å². The van der Waals surface area contributed by atoms with Crippen LogP contribution in [0.4, 0.5) is 0 Å². The third-order valence-corrected chi connectivity index (χ3v) is 4.77. The van der Waals surface area contributed by atoms with E-state index in [1.54, 1.807) is 0 Å². The van der Waals surface area contributed by atoms with Gasteiger partial charge in [0.25, 0.3) is 0 Å². The maximum absolute atomic E-state index is 12.7. The first kappa shape index (κ1) is 14.9. The van der Waals surface area contributed by atoms with Crippen molar-refractivity contribution in [3.63, 3.8) is 0 Å². The lowest BCUT2D eigenvalue weighted by molar-refractivity contribution is -0.132. The zero-order valence-electron chi connectivity index (χ0n) is 13.6. The van der Waals surface area contributed by atoms with Crippen LogP contribution in [0.15, 0.2) is 54.6 Å². The number of H-pyrrole nitrogens is 1. The van der Waals surface area contributed by atoms with E-state index in [-0.39, 0.29) is 11.9 Å². The van der Waals surface area contributed by atoms with Crippen LogP contribution in [0.25, 0.3) is 11.0 Å². The first-order chi connectivity index (χ1) is 11.8. The summed E-state index contributed by atoms with van der Waals surface area (Å²) in [7, 11) is 0. The average molecular weight is 319 g/mol. The second-order valence-corrected chi connectivity index (χ2v) is 6.36. The molecule has 1 atom stereocenters. The van der Waals surface area contributed by atoms with Gasteiger partial charge in [0.2, 0.25) is 5.91 Å². The number of amides is 1. The van der Waals surface area contributed by atoms with Gasteiger partial charge in [0, 0.05) is 19.4 Å². The lowest BCUT2D eigenvalue weighted by Crippen LogP contribution is -2.30. The molecule has 1 saturated heterocycles. The summed E-state index contributed by atoms with van der Waals surface area (Å²) in [6.07, 6.45) is 3.30. The summed E-state index contributed by atoms with van der Waals surface area (Å²) in [5, 5.41) is 0. The summed E-state index contributed by atoms with van der Waals surface area (Å²) < 4.78 is 0. The van der Waals surface area contributed by atoms with Crippen LogP contribution in [-0.4, -0.2) is 27.3 Å². The first-order valence-corrected chi connectivity index (χ1v) is 8.59. The molecule has 0 bridgehead atoms. The zero-order valence-corrected chi connectivity index (χ0v) is 13.6. The molecule has 1 unspecified atom stereocenters. The molecule has 24 heavy (non-hydrogen) atoms. The van der Waals surface area contributed by atoms with Gasteiger partial charge in [0.15, 0.2) is 0 Å². The number of nitrogens with zero attached hydrogens (tertiary/aromatic N) is 2. The number of hydrogen-bond acceptors (Lipinski definition) is 2. The molecule has 1 aromatic heterocycles. The molecule has 1 fully saturated rings. The number of likely N-dealkylation sites (tertiary alicyclic amines) is 1. The van der Waals surface area contributed by atoms with Crippen molar-refractivity contribution in [2.75, 3.05) is 6.54 Å². The number of carbonyl (C=O) groups is 1. The number of rotatable bonds is 4. The third-order valence-electron chi connectivity index (χ3n) is 4.77. The summed E-state index contributed by atoms with van der Waals surface area (Å²) in [6, 6.07) is 18.6. The van der Waals surface area contributed by atoms with Gasteiger partial charge >= 0.3 is 0 Å². The Morgan fingerprint density at radius 1 is 1.12 bits per heavy atom. The summed E-state index contributed by atoms with van der Waals surface area (Å²) >= 11 is 0. The first-order valence-electron chi connectivity index (χ1n) is 8.59. The largest absolute Gasteiger partial charge is 0.342 e. The lowest BCUT2D eigenvalue weighted by atomic mass is 10.0. The smallest absolute Gasteiger partial charge is 0.223 e. The van der Waals surface area contributed by atoms with Crippen molar-refractivity contribution in [3.05, 3.63) is 66.0 Å². The summed E-state index contributed by atoms with van der Waals surface area (Å²) in [4.78, 5) is 22.6. The van der Waals surface area contributed by atoms with Crippen LogP contribution >= 0.6 is 0 Å². The van der Waals surface area contributed by atoms with E-state index in [1.165, 1.54) is 5.56 Å². The van der Waals surface area contributed by atoms with Gasteiger partial charge in [0.1, 0.15) is 5.82 Å². The number of nitrogens with one attached hydrogen (secondary N) is 1. The molecule has 2 aromatic carbocycles. The second-order valence-electron chi connectivity index (χ2n) is 6.36. The highest BCUT2D eigenvalue weighted by molar-refractivity contribution is 5.78. The minimum atomic E-state index is 0.224. The van der Waals surface area contributed by atoms with Crippen molar-refractivity contribution in [1.29, 1.82) is 0 Å². The Balaban J connectivity index is 1.43. The molecule has 0 spiro atoms. The minimum absolute atomic E-state index is 0.224. The fraction of sp³-hybridized carbons (Fsp3) is 0.300. The van der Waals surface area contributed by atoms with E-state index in [9.17, 15) is 4.79 Å². The number of benzene rings is 2. The molecule has 0 saturated carbocycles. The molecule has 1 aliphatic rings. The number of imidazole rings is 1. The Kier molecular flexibility index (Phi) is 4.03. The monoisotopic (exact) mass is 319 g/mol. The number of aromatic amines is 1. The van der Waals surface area contributed by atoms with Crippen LogP contribution < -0.4 is 0 Å². The fourth-order valence-corrected chi connectivity index (χ4v) is 3.58. The van der Waals surface area contributed by atoms with Crippen molar-refractivity contribution < 1.29 is 4.79 Å². The Bertz CT molecular complexity index is 807. The molecule has 4 rings (SSSR count). The Morgan fingerprint density at radius 3 is 2.75 bits per heavy atom. The highest BCUT2D eigenvalue weighted by Gasteiger charge is 2.29. The second kappa shape index (κ2) is 6.48. The summed E-state index contributed by atoms with van der Waals surface area (Å²) in [5.41, 5.74) is 3.23. The molecule has 1 aliphatic heterocycles. The van der Waals surface area contributed by atoms with Crippen LogP contribution in [0.2, 0.25) is 0 Å². The van der Waals surface area contributed by atoms with Crippen molar-refractivity contribution in [2.45, 2.75) is 31.7 Å². The standard InChI is InChI=1S/C20H21N3O/c24-20(13-12-19-21-16-9-4-5-10-17(16)22-19)23-14-6-11-18(23)15-7-2-1-3-8-15/h1-5,7-10,18H,6,11-14H2,(H,21,22). The molecule has 1 N–H and O–H groups in total. The Morgan fingerprint density at radius 2 is 1.92 bits per heavy atom. The highest BCUT2D eigenvalue weighted by atomic mass is 16.2. The molecule has 4 heteroatoms.